The monoisotopic (exact) mass is 272 g/mol. The summed E-state index contributed by atoms with van der Waals surface area (Å²) in [6.07, 6.45) is 1.32. The summed E-state index contributed by atoms with van der Waals surface area (Å²) in [5, 5.41) is 9.20. The van der Waals surface area contributed by atoms with E-state index in [1.165, 1.54) is 0 Å². The van der Waals surface area contributed by atoms with Crippen LogP contribution in [0.2, 0.25) is 0 Å². The average molecular weight is 273 g/mol. The number of fused-ring (bicyclic) bond motifs is 1. The maximum Gasteiger partial charge on any atom is 0.310 e. The molecule has 0 bridgehead atoms. The summed E-state index contributed by atoms with van der Waals surface area (Å²) in [5.74, 6) is -0.467. The molecule has 0 spiro atoms. The van der Waals surface area contributed by atoms with Gasteiger partial charge in [0.15, 0.2) is 0 Å². The second-order valence-electron chi connectivity index (χ2n) is 4.19. The highest BCUT2D eigenvalue weighted by Gasteiger charge is 2.31. The second kappa shape index (κ2) is 6.07. The van der Waals surface area contributed by atoms with Crippen molar-refractivity contribution in [1.29, 1.82) is 0 Å². The van der Waals surface area contributed by atoms with E-state index in [0.717, 1.165) is 23.3 Å². The largest absolute Gasteiger partial charge is 0.497 e. The van der Waals surface area contributed by atoms with Crippen molar-refractivity contribution in [3.63, 3.8) is 0 Å². The van der Waals surface area contributed by atoms with Gasteiger partial charge >= 0.3 is 5.97 Å². The van der Waals surface area contributed by atoms with Crippen LogP contribution < -0.4 is 4.74 Å². The van der Waals surface area contributed by atoms with Crippen LogP contribution >= 0.6 is 12.4 Å². The van der Waals surface area contributed by atoms with Crippen LogP contribution in [-0.4, -0.2) is 25.3 Å². The van der Waals surface area contributed by atoms with Crippen LogP contribution in [0.1, 0.15) is 36.0 Å². The Morgan fingerprint density at radius 1 is 1.28 bits per heavy atom. The van der Waals surface area contributed by atoms with Crippen LogP contribution in [0.5, 0.6) is 5.75 Å². The number of ether oxygens (including phenoxy) is 2. The Bertz CT molecular complexity index is 433. The lowest BCUT2D eigenvalue weighted by atomic mass is 9.81. The maximum atomic E-state index is 11.2. The Morgan fingerprint density at radius 3 is 2.56 bits per heavy atom. The fourth-order valence-electron chi connectivity index (χ4n) is 2.41. The summed E-state index contributed by atoms with van der Waals surface area (Å²) < 4.78 is 10.6. The number of rotatable bonds is 3. The number of carboxylic acid groups (broad SMARTS) is 1. The predicted octanol–water partition coefficient (Wildman–Crippen LogP) is 2.77. The summed E-state index contributed by atoms with van der Waals surface area (Å²) in [7, 11) is 3.25. The van der Waals surface area contributed by atoms with Crippen molar-refractivity contribution in [2.24, 2.45) is 0 Å². The molecule has 0 radical (unpaired) electrons. The highest BCUT2D eigenvalue weighted by Crippen LogP contribution is 2.40. The van der Waals surface area contributed by atoms with Crippen molar-refractivity contribution in [3.05, 3.63) is 29.3 Å². The van der Waals surface area contributed by atoms with Gasteiger partial charge in [-0.05, 0) is 36.1 Å². The lowest BCUT2D eigenvalue weighted by molar-refractivity contribution is -0.139. The molecular formula is C13H17ClO4. The highest BCUT2D eigenvalue weighted by molar-refractivity contribution is 5.85. The van der Waals surface area contributed by atoms with Gasteiger partial charge < -0.3 is 14.6 Å². The van der Waals surface area contributed by atoms with E-state index < -0.39 is 11.9 Å². The van der Waals surface area contributed by atoms with Gasteiger partial charge in [0.25, 0.3) is 0 Å². The third-order valence-corrected chi connectivity index (χ3v) is 3.32. The lowest BCUT2D eigenvalue weighted by Crippen LogP contribution is -2.21. The Labute approximate surface area is 112 Å². The summed E-state index contributed by atoms with van der Waals surface area (Å²) >= 11 is 0. The molecule has 0 saturated carbocycles. The number of aliphatic carboxylic acids is 1. The van der Waals surface area contributed by atoms with Gasteiger partial charge in [0.05, 0.1) is 19.1 Å². The zero-order valence-electron chi connectivity index (χ0n) is 10.4. The van der Waals surface area contributed by atoms with Gasteiger partial charge in [0.2, 0.25) is 0 Å². The molecular weight excluding hydrogens is 256 g/mol. The van der Waals surface area contributed by atoms with Gasteiger partial charge in [-0.25, -0.2) is 0 Å². The number of hydrogen-bond donors (Lipinski definition) is 1. The van der Waals surface area contributed by atoms with Crippen LogP contribution in [0.4, 0.5) is 0 Å². The standard InChI is InChI=1S/C13H16O4.ClH/c1-16-8-3-4-9-10(13(14)15)5-6-12(17-2)11(9)7-8;/h3-4,7,10,12H,5-6H2,1-2H3,(H,14,15);1H. The summed E-state index contributed by atoms with van der Waals surface area (Å²) in [5.41, 5.74) is 1.78. The number of halogens is 1. The smallest absolute Gasteiger partial charge is 0.310 e. The van der Waals surface area contributed by atoms with Gasteiger partial charge in [-0.2, -0.15) is 0 Å². The molecule has 2 atom stereocenters. The van der Waals surface area contributed by atoms with Crippen LogP contribution in [0.15, 0.2) is 18.2 Å². The molecule has 0 aromatic heterocycles. The van der Waals surface area contributed by atoms with Crippen LogP contribution in [0.25, 0.3) is 0 Å². The molecule has 1 aromatic rings. The molecule has 2 rings (SSSR count). The predicted molar refractivity (Wildman–Crippen MR) is 69.6 cm³/mol. The summed E-state index contributed by atoms with van der Waals surface area (Å²) in [4.78, 5) is 11.2. The molecule has 1 aromatic carbocycles. The molecule has 1 N–H and O–H groups in total. The van der Waals surface area contributed by atoms with Crippen molar-refractivity contribution < 1.29 is 19.4 Å². The SMILES string of the molecule is COc1ccc2c(c1)C(OC)CCC2C(=O)O.Cl. The molecule has 5 heteroatoms. The molecule has 0 heterocycles. The minimum atomic E-state index is -0.772. The van der Waals surface area contributed by atoms with Gasteiger partial charge in [-0.3, -0.25) is 4.79 Å². The number of benzene rings is 1. The molecule has 18 heavy (non-hydrogen) atoms. The summed E-state index contributed by atoms with van der Waals surface area (Å²) in [6.45, 7) is 0. The molecule has 0 aliphatic heterocycles. The third kappa shape index (κ3) is 2.60. The minimum Gasteiger partial charge on any atom is -0.497 e. The number of carboxylic acids is 1. The molecule has 100 valence electrons. The van der Waals surface area contributed by atoms with Crippen LogP contribution in [-0.2, 0) is 9.53 Å². The van der Waals surface area contributed by atoms with Crippen LogP contribution in [0.3, 0.4) is 0 Å². The Kier molecular flexibility index (Phi) is 4.99. The fourth-order valence-corrected chi connectivity index (χ4v) is 2.41. The Morgan fingerprint density at radius 2 is 2.00 bits per heavy atom. The molecule has 2 unspecified atom stereocenters. The fraction of sp³-hybridized carbons (Fsp3) is 0.462. The minimum absolute atomic E-state index is 0. The zero-order chi connectivity index (χ0) is 12.4. The highest BCUT2D eigenvalue weighted by atomic mass is 35.5. The quantitative estimate of drug-likeness (QED) is 0.919. The first-order chi connectivity index (χ1) is 8.17. The van der Waals surface area contributed by atoms with Crippen molar-refractivity contribution in [2.75, 3.05) is 14.2 Å². The first-order valence-corrected chi connectivity index (χ1v) is 5.60. The van der Waals surface area contributed by atoms with Crippen molar-refractivity contribution in [1.82, 2.24) is 0 Å². The van der Waals surface area contributed by atoms with Crippen molar-refractivity contribution >= 4 is 18.4 Å². The topological polar surface area (TPSA) is 55.8 Å². The molecule has 1 aliphatic rings. The molecule has 0 saturated heterocycles. The normalized spacial score (nSPS) is 21.7. The van der Waals surface area contributed by atoms with Gasteiger partial charge in [0.1, 0.15) is 5.75 Å². The first-order valence-electron chi connectivity index (χ1n) is 5.60. The number of methoxy groups -OCH3 is 2. The third-order valence-electron chi connectivity index (χ3n) is 3.32. The van der Waals surface area contributed by atoms with Crippen molar-refractivity contribution in [2.45, 2.75) is 24.9 Å². The van der Waals surface area contributed by atoms with E-state index >= 15 is 0 Å². The Balaban J connectivity index is 0.00000162. The second-order valence-corrected chi connectivity index (χ2v) is 4.19. The van der Waals surface area contributed by atoms with E-state index in [2.05, 4.69) is 0 Å². The lowest BCUT2D eigenvalue weighted by Gasteiger charge is -2.28. The molecule has 4 nitrogen and oxygen atoms in total. The van der Waals surface area contributed by atoms with E-state index in [9.17, 15) is 9.90 Å². The average Bonchev–Trinajstić information content (AvgIpc) is 2.36. The van der Waals surface area contributed by atoms with Crippen molar-refractivity contribution in [3.8, 4) is 5.75 Å². The number of carbonyl (C=O) groups is 1. The van der Waals surface area contributed by atoms with Gasteiger partial charge in [0, 0.05) is 7.11 Å². The summed E-state index contributed by atoms with van der Waals surface area (Å²) in [6, 6.07) is 5.50. The Hall–Kier alpha value is -1.26. The molecule has 0 amide bonds. The molecule has 1 aliphatic carbocycles. The first kappa shape index (κ1) is 14.8. The van der Waals surface area contributed by atoms with Crippen LogP contribution in [0, 0.1) is 0 Å². The number of hydrogen-bond acceptors (Lipinski definition) is 3. The maximum absolute atomic E-state index is 11.2. The van der Waals surface area contributed by atoms with E-state index in [0.29, 0.717) is 6.42 Å². The van der Waals surface area contributed by atoms with E-state index in [-0.39, 0.29) is 18.5 Å². The van der Waals surface area contributed by atoms with E-state index in [1.807, 2.05) is 12.1 Å². The van der Waals surface area contributed by atoms with Gasteiger partial charge in [-0.1, -0.05) is 6.07 Å². The van der Waals surface area contributed by atoms with E-state index in [1.54, 1.807) is 20.3 Å². The zero-order valence-corrected chi connectivity index (χ0v) is 11.2. The van der Waals surface area contributed by atoms with Gasteiger partial charge in [-0.15, -0.1) is 12.4 Å². The molecule has 0 fully saturated rings. The van der Waals surface area contributed by atoms with E-state index in [4.69, 9.17) is 9.47 Å².